The van der Waals surface area contributed by atoms with Crippen molar-refractivity contribution in [3.63, 3.8) is 0 Å². The number of halogens is 2. The van der Waals surface area contributed by atoms with Gasteiger partial charge in [0.15, 0.2) is 0 Å². The molecule has 1 atom stereocenters. The second-order valence-corrected chi connectivity index (χ2v) is 8.62. The molecular weight excluding hydrogens is 382 g/mol. The largest absolute Gasteiger partial charge is 0.244 e. The highest BCUT2D eigenvalue weighted by Gasteiger charge is 2.28. The van der Waals surface area contributed by atoms with Gasteiger partial charge in [0, 0.05) is 29.2 Å². The molecule has 0 aliphatic heterocycles. The van der Waals surface area contributed by atoms with Gasteiger partial charge in [-0.3, -0.25) is 0 Å². The summed E-state index contributed by atoms with van der Waals surface area (Å²) in [6.45, 7) is 3.77. The van der Waals surface area contributed by atoms with Crippen molar-refractivity contribution in [1.82, 2.24) is 4.31 Å². The molecule has 1 unspecified atom stereocenters. The van der Waals surface area contributed by atoms with E-state index >= 15 is 0 Å². The quantitative estimate of drug-likeness (QED) is 0.680. The van der Waals surface area contributed by atoms with Crippen molar-refractivity contribution in [3.05, 3.63) is 27.7 Å². The lowest BCUT2D eigenvalue weighted by Crippen LogP contribution is -2.36. The lowest BCUT2D eigenvalue weighted by atomic mass is 10.2. The maximum atomic E-state index is 12.7. The van der Waals surface area contributed by atoms with E-state index in [1.165, 1.54) is 4.31 Å². The Bertz CT molecular complexity index is 578. The van der Waals surface area contributed by atoms with Crippen LogP contribution < -0.4 is 0 Å². The molecule has 0 bridgehead atoms. The summed E-state index contributed by atoms with van der Waals surface area (Å²) in [5.41, 5.74) is 1.67. The van der Waals surface area contributed by atoms with Gasteiger partial charge in [-0.2, -0.15) is 16.1 Å². The molecule has 20 heavy (non-hydrogen) atoms. The maximum absolute atomic E-state index is 12.7. The number of hydrogen-bond acceptors (Lipinski definition) is 3. The van der Waals surface area contributed by atoms with E-state index in [0.717, 1.165) is 16.9 Å². The zero-order valence-corrected chi connectivity index (χ0v) is 16.0. The molecule has 0 spiro atoms. The third kappa shape index (κ3) is 3.91. The first-order valence-corrected chi connectivity index (χ1v) is 10.2. The first-order chi connectivity index (χ1) is 9.25. The van der Waals surface area contributed by atoms with Gasteiger partial charge in [-0.1, -0.05) is 6.07 Å². The minimum Gasteiger partial charge on any atom is -0.207 e. The van der Waals surface area contributed by atoms with E-state index in [4.69, 9.17) is 11.6 Å². The third-order valence-electron chi connectivity index (χ3n) is 3.12. The average Bonchev–Trinajstić information content (AvgIpc) is 2.40. The predicted molar refractivity (Wildman–Crippen MR) is 91.2 cm³/mol. The molecule has 1 aromatic carbocycles. The third-order valence-corrected chi connectivity index (χ3v) is 7.56. The summed E-state index contributed by atoms with van der Waals surface area (Å²) in [4.78, 5) is 0.281. The normalized spacial score (nSPS) is 13.8. The average molecular weight is 401 g/mol. The number of nitrogens with zero attached hydrogens (tertiary/aromatic N) is 1. The van der Waals surface area contributed by atoms with Gasteiger partial charge in [-0.25, -0.2) is 8.42 Å². The molecule has 0 radical (unpaired) electrons. The number of rotatable bonds is 6. The second kappa shape index (κ2) is 7.49. The van der Waals surface area contributed by atoms with Crippen LogP contribution in [0.1, 0.15) is 18.1 Å². The van der Waals surface area contributed by atoms with Gasteiger partial charge >= 0.3 is 0 Å². The topological polar surface area (TPSA) is 37.4 Å². The first kappa shape index (κ1) is 18.3. The van der Waals surface area contributed by atoms with Crippen LogP contribution in [0.25, 0.3) is 0 Å². The van der Waals surface area contributed by atoms with Crippen molar-refractivity contribution >= 4 is 49.3 Å². The lowest BCUT2D eigenvalue weighted by molar-refractivity contribution is 0.414. The number of aryl methyl sites for hydroxylation is 1. The van der Waals surface area contributed by atoms with Crippen molar-refractivity contribution in [2.45, 2.75) is 30.7 Å². The Hall–Kier alpha value is 0.250. The zero-order valence-electron chi connectivity index (χ0n) is 12.0. The number of sulfonamides is 1. The molecular formula is C13H19BrClNO2S2. The van der Waals surface area contributed by atoms with Crippen molar-refractivity contribution in [1.29, 1.82) is 0 Å². The van der Waals surface area contributed by atoms with E-state index in [1.807, 2.05) is 26.2 Å². The van der Waals surface area contributed by atoms with Crippen LogP contribution >= 0.6 is 39.3 Å². The number of thioether (sulfide) groups is 1. The van der Waals surface area contributed by atoms with Crippen LogP contribution in [-0.2, 0) is 15.9 Å². The van der Waals surface area contributed by atoms with Crippen molar-refractivity contribution in [2.75, 3.05) is 19.1 Å². The Morgan fingerprint density at radius 2 is 2.05 bits per heavy atom. The molecule has 0 amide bonds. The Kier molecular flexibility index (Phi) is 6.86. The molecule has 0 aromatic heterocycles. The predicted octanol–water partition coefficient (Wildman–Crippen LogP) is 3.87. The Morgan fingerprint density at radius 3 is 2.55 bits per heavy atom. The van der Waals surface area contributed by atoms with Crippen LogP contribution in [0.3, 0.4) is 0 Å². The van der Waals surface area contributed by atoms with Crippen LogP contribution in [-0.4, -0.2) is 37.8 Å². The highest BCUT2D eigenvalue weighted by molar-refractivity contribution is 9.10. The van der Waals surface area contributed by atoms with E-state index in [0.29, 0.717) is 10.4 Å². The highest BCUT2D eigenvalue weighted by atomic mass is 79.9. The van der Waals surface area contributed by atoms with Crippen molar-refractivity contribution in [2.24, 2.45) is 0 Å². The minimum atomic E-state index is -3.53. The van der Waals surface area contributed by atoms with E-state index in [1.54, 1.807) is 24.9 Å². The summed E-state index contributed by atoms with van der Waals surface area (Å²) >= 11 is 10.8. The Labute approximate surface area is 139 Å². The standard InChI is InChI=1S/C13H19BrClNO2S2/c1-9-5-11(7-15)6-12(13(9)14)20(17,18)16(3)10(2)8-19-4/h5-6,10H,7-8H2,1-4H3. The summed E-state index contributed by atoms with van der Waals surface area (Å²) in [5, 5.41) is 0. The molecule has 0 saturated heterocycles. The smallest absolute Gasteiger partial charge is 0.207 e. The Morgan fingerprint density at radius 1 is 1.45 bits per heavy atom. The monoisotopic (exact) mass is 399 g/mol. The molecule has 0 N–H and O–H groups in total. The fourth-order valence-electron chi connectivity index (χ4n) is 1.81. The van der Waals surface area contributed by atoms with E-state index in [9.17, 15) is 8.42 Å². The van der Waals surface area contributed by atoms with Gasteiger partial charge in [-0.05, 0) is 53.2 Å². The van der Waals surface area contributed by atoms with Crippen LogP contribution in [0.5, 0.6) is 0 Å². The summed E-state index contributed by atoms with van der Waals surface area (Å²) in [6.07, 6.45) is 1.96. The van der Waals surface area contributed by atoms with Gasteiger partial charge < -0.3 is 0 Å². The molecule has 0 saturated carbocycles. The molecule has 7 heteroatoms. The van der Waals surface area contributed by atoms with Crippen LogP contribution in [0.15, 0.2) is 21.5 Å². The molecule has 1 aromatic rings. The van der Waals surface area contributed by atoms with Crippen LogP contribution in [0, 0.1) is 6.92 Å². The maximum Gasteiger partial charge on any atom is 0.244 e. The van der Waals surface area contributed by atoms with Crippen molar-refractivity contribution < 1.29 is 8.42 Å². The lowest BCUT2D eigenvalue weighted by Gasteiger charge is -2.25. The first-order valence-electron chi connectivity index (χ1n) is 6.07. The molecule has 3 nitrogen and oxygen atoms in total. The molecule has 0 aliphatic rings. The number of hydrogen-bond donors (Lipinski definition) is 0. The fourth-order valence-corrected chi connectivity index (χ4v) is 5.16. The number of alkyl halides is 1. The van der Waals surface area contributed by atoms with Gasteiger partial charge in [-0.15, -0.1) is 11.6 Å². The second-order valence-electron chi connectivity index (χ2n) is 4.68. The van der Waals surface area contributed by atoms with Crippen LogP contribution in [0.2, 0.25) is 0 Å². The van der Waals surface area contributed by atoms with Gasteiger partial charge in [0.1, 0.15) is 0 Å². The van der Waals surface area contributed by atoms with E-state index in [2.05, 4.69) is 15.9 Å². The SMILES string of the molecule is CSCC(C)N(C)S(=O)(=O)c1cc(CCl)cc(C)c1Br. The summed E-state index contributed by atoms with van der Waals surface area (Å²) in [7, 11) is -1.92. The van der Waals surface area contributed by atoms with Crippen molar-refractivity contribution in [3.8, 4) is 0 Å². The zero-order chi connectivity index (χ0) is 15.5. The molecule has 0 aliphatic carbocycles. The van der Waals surface area contributed by atoms with E-state index < -0.39 is 10.0 Å². The summed E-state index contributed by atoms with van der Waals surface area (Å²) in [5.74, 6) is 1.04. The molecule has 114 valence electrons. The molecule has 1 rings (SSSR count). The minimum absolute atomic E-state index is 0.0677. The van der Waals surface area contributed by atoms with Gasteiger partial charge in [0.05, 0.1) is 4.90 Å². The van der Waals surface area contributed by atoms with Gasteiger partial charge in [0.2, 0.25) is 10.0 Å². The number of benzene rings is 1. The van der Waals surface area contributed by atoms with Gasteiger partial charge in [0.25, 0.3) is 0 Å². The fraction of sp³-hybridized carbons (Fsp3) is 0.538. The molecule has 0 heterocycles. The van der Waals surface area contributed by atoms with Crippen LogP contribution in [0.4, 0.5) is 0 Å². The summed E-state index contributed by atoms with van der Waals surface area (Å²) < 4.78 is 27.5. The Balaban J connectivity index is 3.31. The molecule has 0 fully saturated rings. The highest BCUT2D eigenvalue weighted by Crippen LogP contribution is 2.30. The van der Waals surface area contributed by atoms with E-state index in [-0.39, 0.29) is 10.9 Å². The summed E-state index contributed by atoms with van der Waals surface area (Å²) in [6, 6.07) is 3.46.